The van der Waals surface area contributed by atoms with Crippen LogP contribution in [0.25, 0.3) is 11.0 Å². The summed E-state index contributed by atoms with van der Waals surface area (Å²) >= 11 is 5.86. The highest BCUT2D eigenvalue weighted by Crippen LogP contribution is 2.25. The molecule has 1 aromatic heterocycles. The second kappa shape index (κ2) is 3.79. The molecule has 0 atom stereocenters. The zero-order valence-electron chi connectivity index (χ0n) is 8.94. The van der Waals surface area contributed by atoms with Crippen molar-refractivity contribution in [3.05, 3.63) is 29.0 Å². The molecule has 1 heterocycles. The summed E-state index contributed by atoms with van der Waals surface area (Å²) in [6.45, 7) is 4.02. The van der Waals surface area contributed by atoms with E-state index in [4.69, 9.17) is 16.7 Å². The van der Waals surface area contributed by atoms with Crippen molar-refractivity contribution in [3.8, 4) is 0 Å². The number of hydrogen-bond donors (Lipinski definition) is 1. The Morgan fingerprint density at radius 3 is 2.75 bits per heavy atom. The molecule has 0 fully saturated rings. The molecule has 5 heteroatoms. The van der Waals surface area contributed by atoms with Crippen LogP contribution in [0.5, 0.6) is 0 Å². The SMILES string of the molecule is CC(C)n1cnc2cc(Cl)c(C(=O)O)cc21. The Balaban J connectivity index is 2.74. The average molecular weight is 239 g/mol. The summed E-state index contributed by atoms with van der Waals surface area (Å²) in [5.74, 6) is -1.02. The highest BCUT2D eigenvalue weighted by atomic mass is 35.5. The normalized spacial score (nSPS) is 11.2. The number of aromatic nitrogens is 2. The van der Waals surface area contributed by atoms with E-state index in [1.54, 1.807) is 18.5 Å². The van der Waals surface area contributed by atoms with Crippen molar-refractivity contribution in [3.63, 3.8) is 0 Å². The molecule has 2 aromatic rings. The summed E-state index contributed by atoms with van der Waals surface area (Å²) in [5.41, 5.74) is 1.61. The number of halogens is 1. The number of carbonyl (C=O) groups is 1. The van der Waals surface area contributed by atoms with Crippen molar-refractivity contribution in [1.82, 2.24) is 9.55 Å². The Morgan fingerprint density at radius 2 is 2.19 bits per heavy atom. The minimum atomic E-state index is -1.02. The molecular weight excluding hydrogens is 228 g/mol. The number of benzene rings is 1. The summed E-state index contributed by atoms with van der Waals surface area (Å²) < 4.78 is 1.91. The maximum absolute atomic E-state index is 11.0. The zero-order valence-corrected chi connectivity index (χ0v) is 9.69. The molecule has 1 N–H and O–H groups in total. The molecule has 84 valence electrons. The van der Waals surface area contributed by atoms with Gasteiger partial charge >= 0.3 is 5.97 Å². The van der Waals surface area contributed by atoms with Crippen molar-refractivity contribution in [2.24, 2.45) is 0 Å². The second-order valence-corrected chi connectivity index (χ2v) is 4.28. The fraction of sp³-hybridized carbons (Fsp3) is 0.273. The average Bonchev–Trinajstić information content (AvgIpc) is 2.58. The number of fused-ring (bicyclic) bond motifs is 1. The minimum Gasteiger partial charge on any atom is -0.478 e. The molecule has 0 spiro atoms. The van der Waals surface area contributed by atoms with E-state index in [-0.39, 0.29) is 16.6 Å². The molecule has 0 unspecified atom stereocenters. The van der Waals surface area contributed by atoms with E-state index in [0.717, 1.165) is 5.52 Å². The summed E-state index contributed by atoms with van der Waals surface area (Å²) in [7, 11) is 0. The van der Waals surface area contributed by atoms with Crippen LogP contribution in [0.15, 0.2) is 18.5 Å². The minimum absolute atomic E-state index is 0.108. The molecule has 16 heavy (non-hydrogen) atoms. The number of nitrogens with zero attached hydrogens (tertiary/aromatic N) is 2. The van der Waals surface area contributed by atoms with Gasteiger partial charge in [0.1, 0.15) is 0 Å². The van der Waals surface area contributed by atoms with Crippen LogP contribution in [-0.4, -0.2) is 20.6 Å². The Kier molecular flexibility index (Phi) is 2.59. The summed E-state index contributed by atoms with van der Waals surface area (Å²) in [5, 5.41) is 9.19. The number of aromatic carboxylic acids is 1. The van der Waals surface area contributed by atoms with Crippen LogP contribution in [-0.2, 0) is 0 Å². The first-order valence-corrected chi connectivity index (χ1v) is 5.28. The highest BCUT2D eigenvalue weighted by molar-refractivity contribution is 6.34. The molecule has 0 aliphatic carbocycles. The van der Waals surface area contributed by atoms with Gasteiger partial charge in [-0.2, -0.15) is 0 Å². The molecule has 0 aliphatic heterocycles. The molecule has 0 radical (unpaired) electrons. The van der Waals surface area contributed by atoms with Crippen LogP contribution >= 0.6 is 11.6 Å². The van der Waals surface area contributed by atoms with Gasteiger partial charge in [0.25, 0.3) is 0 Å². The van der Waals surface area contributed by atoms with Gasteiger partial charge in [-0.3, -0.25) is 0 Å². The highest BCUT2D eigenvalue weighted by Gasteiger charge is 2.13. The molecule has 0 aliphatic rings. The Labute approximate surface area is 97.5 Å². The topological polar surface area (TPSA) is 55.1 Å². The molecule has 0 amide bonds. The molecule has 0 bridgehead atoms. The van der Waals surface area contributed by atoms with Gasteiger partial charge in [0.2, 0.25) is 0 Å². The Hall–Kier alpha value is -1.55. The fourth-order valence-corrected chi connectivity index (χ4v) is 1.86. The first kappa shape index (κ1) is 11.0. The van der Waals surface area contributed by atoms with E-state index in [9.17, 15) is 4.79 Å². The zero-order chi connectivity index (χ0) is 11.9. The predicted octanol–water partition coefficient (Wildman–Crippen LogP) is 2.97. The Morgan fingerprint density at radius 1 is 1.50 bits per heavy atom. The number of imidazole rings is 1. The number of carboxylic acid groups (broad SMARTS) is 1. The standard InChI is InChI=1S/C11H11ClN2O2/c1-6(2)14-5-13-9-4-8(12)7(11(15)16)3-10(9)14/h3-6H,1-2H3,(H,15,16). The summed E-state index contributed by atoms with van der Waals surface area (Å²) in [6.07, 6.45) is 1.69. The third kappa shape index (κ3) is 1.65. The van der Waals surface area contributed by atoms with Crippen LogP contribution in [0, 0.1) is 0 Å². The largest absolute Gasteiger partial charge is 0.478 e. The van der Waals surface area contributed by atoms with E-state index in [1.807, 2.05) is 18.4 Å². The van der Waals surface area contributed by atoms with E-state index >= 15 is 0 Å². The monoisotopic (exact) mass is 238 g/mol. The summed E-state index contributed by atoms with van der Waals surface area (Å²) in [4.78, 5) is 15.1. The molecule has 0 saturated carbocycles. The lowest BCUT2D eigenvalue weighted by Crippen LogP contribution is -2.01. The number of hydrogen-bond acceptors (Lipinski definition) is 2. The predicted molar refractivity (Wildman–Crippen MR) is 62.1 cm³/mol. The van der Waals surface area contributed by atoms with Gasteiger partial charge in [-0.25, -0.2) is 9.78 Å². The van der Waals surface area contributed by atoms with E-state index in [2.05, 4.69) is 4.98 Å². The first-order valence-electron chi connectivity index (χ1n) is 4.90. The van der Waals surface area contributed by atoms with Crippen LogP contribution in [0.4, 0.5) is 0 Å². The van der Waals surface area contributed by atoms with E-state index in [0.29, 0.717) is 5.52 Å². The van der Waals surface area contributed by atoms with Crippen molar-refractivity contribution in [1.29, 1.82) is 0 Å². The number of carboxylic acids is 1. The molecular formula is C11H11ClN2O2. The maximum Gasteiger partial charge on any atom is 0.337 e. The van der Waals surface area contributed by atoms with Gasteiger partial charge in [-0.05, 0) is 26.0 Å². The van der Waals surface area contributed by atoms with Crippen molar-refractivity contribution in [2.75, 3.05) is 0 Å². The summed E-state index contributed by atoms with van der Waals surface area (Å²) in [6, 6.07) is 3.37. The van der Waals surface area contributed by atoms with Gasteiger partial charge in [-0.1, -0.05) is 11.6 Å². The van der Waals surface area contributed by atoms with Gasteiger partial charge in [0.15, 0.2) is 0 Å². The smallest absolute Gasteiger partial charge is 0.337 e. The van der Waals surface area contributed by atoms with E-state index in [1.165, 1.54) is 0 Å². The number of rotatable bonds is 2. The molecule has 1 aromatic carbocycles. The van der Waals surface area contributed by atoms with E-state index < -0.39 is 5.97 Å². The maximum atomic E-state index is 11.0. The van der Waals surface area contributed by atoms with Crippen molar-refractivity contribution in [2.45, 2.75) is 19.9 Å². The molecule has 4 nitrogen and oxygen atoms in total. The lowest BCUT2D eigenvalue weighted by atomic mass is 10.2. The lowest BCUT2D eigenvalue weighted by Gasteiger charge is -2.08. The lowest BCUT2D eigenvalue weighted by molar-refractivity contribution is 0.0697. The Bertz CT molecular complexity index is 560. The third-order valence-corrected chi connectivity index (χ3v) is 2.76. The van der Waals surface area contributed by atoms with Gasteiger partial charge in [0.05, 0.1) is 27.9 Å². The van der Waals surface area contributed by atoms with Gasteiger partial charge in [-0.15, -0.1) is 0 Å². The molecule has 2 rings (SSSR count). The van der Waals surface area contributed by atoms with Crippen LogP contribution in [0.3, 0.4) is 0 Å². The molecule has 0 saturated heterocycles. The van der Waals surface area contributed by atoms with Crippen molar-refractivity contribution >= 4 is 28.6 Å². The first-order chi connectivity index (χ1) is 7.50. The van der Waals surface area contributed by atoms with Crippen LogP contribution in [0.2, 0.25) is 5.02 Å². The third-order valence-electron chi connectivity index (χ3n) is 2.45. The van der Waals surface area contributed by atoms with Crippen LogP contribution in [0.1, 0.15) is 30.2 Å². The van der Waals surface area contributed by atoms with Crippen molar-refractivity contribution < 1.29 is 9.90 Å². The fourth-order valence-electron chi connectivity index (χ4n) is 1.62. The van der Waals surface area contributed by atoms with Gasteiger partial charge in [0, 0.05) is 6.04 Å². The quantitative estimate of drug-likeness (QED) is 0.875. The second-order valence-electron chi connectivity index (χ2n) is 3.87. The van der Waals surface area contributed by atoms with Gasteiger partial charge < -0.3 is 9.67 Å². The van der Waals surface area contributed by atoms with Crippen LogP contribution < -0.4 is 0 Å².